The minimum absolute atomic E-state index is 0.131. The second-order valence-electron chi connectivity index (χ2n) is 9.01. The van der Waals surface area contributed by atoms with Crippen molar-refractivity contribution in [1.82, 2.24) is 24.6 Å². The van der Waals surface area contributed by atoms with E-state index in [-0.39, 0.29) is 17.8 Å². The number of ether oxygens (including phenoxy) is 1. The molecule has 1 aromatic carbocycles. The maximum absolute atomic E-state index is 14.0. The number of aryl methyl sites for hydroxylation is 1. The van der Waals surface area contributed by atoms with E-state index in [0.29, 0.717) is 32.0 Å². The van der Waals surface area contributed by atoms with Crippen LogP contribution in [0.25, 0.3) is 0 Å². The number of amides is 1. The van der Waals surface area contributed by atoms with E-state index in [4.69, 9.17) is 4.74 Å². The van der Waals surface area contributed by atoms with Gasteiger partial charge >= 0.3 is 0 Å². The first kappa shape index (κ1) is 22.9. The predicted molar refractivity (Wildman–Crippen MR) is 119 cm³/mol. The molecule has 7 nitrogen and oxygen atoms in total. The van der Waals surface area contributed by atoms with Crippen molar-refractivity contribution in [2.24, 2.45) is 5.92 Å². The molecular weight excluding hydrogens is 409 g/mol. The van der Waals surface area contributed by atoms with E-state index in [2.05, 4.69) is 15.0 Å². The van der Waals surface area contributed by atoms with E-state index >= 15 is 0 Å². The van der Waals surface area contributed by atoms with Crippen LogP contribution in [-0.4, -0.2) is 69.4 Å². The molecule has 0 N–H and O–H groups in total. The van der Waals surface area contributed by atoms with Gasteiger partial charge in [-0.15, -0.1) is 0 Å². The Morgan fingerprint density at radius 3 is 2.75 bits per heavy atom. The number of piperidine rings is 1. The summed E-state index contributed by atoms with van der Waals surface area (Å²) in [6, 6.07) is 7.02. The number of rotatable bonds is 10. The van der Waals surface area contributed by atoms with Crippen molar-refractivity contribution < 1.29 is 13.9 Å². The van der Waals surface area contributed by atoms with E-state index in [9.17, 15) is 9.18 Å². The second kappa shape index (κ2) is 11.5. The van der Waals surface area contributed by atoms with E-state index in [1.165, 1.54) is 12.4 Å². The Kier molecular flexibility index (Phi) is 8.23. The highest BCUT2D eigenvalue weighted by Crippen LogP contribution is 2.23. The summed E-state index contributed by atoms with van der Waals surface area (Å²) < 4.78 is 21.6. The molecule has 2 saturated heterocycles. The van der Waals surface area contributed by atoms with Gasteiger partial charge in [0.15, 0.2) is 0 Å². The molecule has 0 spiro atoms. The molecule has 2 aliphatic rings. The number of benzene rings is 1. The van der Waals surface area contributed by atoms with E-state index in [1.54, 1.807) is 17.1 Å². The molecule has 0 bridgehead atoms. The monoisotopic (exact) mass is 443 g/mol. The molecular formula is C24H34FN5O2. The molecule has 2 fully saturated rings. The highest BCUT2D eigenvalue weighted by molar-refractivity contribution is 5.76. The average Bonchev–Trinajstić information content (AvgIpc) is 3.50. The number of carbonyl (C=O) groups is 1. The first-order valence-electron chi connectivity index (χ1n) is 11.8. The van der Waals surface area contributed by atoms with E-state index in [1.807, 2.05) is 17.0 Å². The third kappa shape index (κ3) is 6.59. The predicted octanol–water partition coefficient (Wildman–Crippen LogP) is 3.12. The zero-order chi connectivity index (χ0) is 22.2. The Balaban J connectivity index is 1.26. The maximum atomic E-state index is 14.0. The first-order chi connectivity index (χ1) is 15.7. The largest absolute Gasteiger partial charge is 0.376 e. The lowest BCUT2D eigenvalue weighted by molar-refractivity contribution is -0.134. The minimum Gasteiger partial charge on any atom is -0.376 e. The molecule has 2 aromatic rings. The summed E-state index contributed by atoms with van der Waals surface area (Å²) >= 11 is 0. The highest BCUT2D eigenvalue weighted by Gasteiger charge is 2.27. The molecule has 1 atom stereocenters. The van der Waals surface area contributed by atoms with Crippen LogP contribution < -0.4 is 0 Å². The molecule has 2 aliphatic heterocycles. The molecule has 0 aliphatic carbocycles. The Bertz CT molecular complexity index is 833. The zero-order valence-corrected chi connectivity index (χ0v) is 18.7. The molecule has 0 unspecified atom stereocenters. The van der Waals surface area contributed by atoms with Crippen molar-refractivity contribution in [3.63, 3.8) is 0 Å². The van der Waals surface area contributed by atoms with Crippen LogP contribution in [0, 0.1) is 11.7 Å². The highest BCUT2D eigenvalue weighted by atomic mass is 19.1. The van der Waals surface area contributed by atoms with Gasteiger partial charge in [0.25, 0.3) is 0 Å². The first-order valence-corrected chi connectivity index (χ1v) is 11.8. The van der Waals surface area contributed by atoms with Crippen LogP contribution in [0.4, 0.5) is 4.39 Å². The Morgan fingerprint density at radius 1 is 1.19 bits per heavy atom. The molecule has 32 heavy (non-hydrogen) atoms. The Morgan fingerprint density at radius 2 is 2.03 bits per heavy atom. The van der Waals surface area contributed by atoms with Crippen molar-refractivity contribution in [3.05, 3.63) is 48.3 Å². The number of likely N-dealkylation sites (tertiary alicyclic amines) is 1. The molecule has 1 aromatic heterocycles. The summed E-state index contributed by atoms with van der Waals surface area (Å²) in [5.74, 6) is 0.552. The summed E-state index contributed by atoms with van der Waals surface area (Å²) in [5.41, 5.74) is 0.758. The molecule has 0 radical (unpaired) electrons. The average molecular weight is 444 g/mol. The van der Waals surface area contributed by atoms with Gasteiger partial charge in [0.1, 0.15) is 18.5 Å². The summed E-state index contributed by atoms with van der Waals surface area (Å²) in [7, 11) is 0. The van der Waals surface area contributed by atoms with Gasteiger partial charge in [-0.3, -0.25) is 14.4 Å². The summed E-state index contributed by atoms with van der Waals surface area (Å²) in [5, 5.41) is 4.11. The Hall–Kier alpha value is -2.32. The second-order valence-corrected chi connectivity index (χ2v) is 9.01. The summed E-state index contributed by atoms with van der Waals surface area (Å²) in [6.07, 6.45) is 8.80. The van der Waals surface area contributed by atoms with Gasteiger partial charge in [0, 0.05) is 44.8 Å². The van der Waals surface area contributed by atoms with Gasteiger partial charge in [-0.1, -0.05) is 18.2 Å². The van der Waals surface area contributed by atoms with Crippen LogP contribution in [-0.2, 0) is 22.6 Å². The van der Waals surface area contributed by atoms with Gasteiger partial charge in [-0.05, 0) is 57.2 Å². The van der Waals surface area contributed by atoms with E-state index < -0.39 is 0 Å². The van der Waals surface area contributed by atoms with Crippen LogP contribution in [0.5, 0.6) is 0 Å². The number of aromatic nitrogens is 3. The molecule has 8 heteroatoms. The van der Waals surface area contributed by atoms with Gasteiger partial charge in [-0.2, -0.15) is 5.10 Å². The van der Waals surface area contributed by atoms with Gasteiger partial charge in [-0.25, -0.2) is 9.37 Å². The lowest BCUT2D eigenvalue weighted by Crippen LogP contribution is -2.43. The van der Waals surface area contributed by atoms with Gasteiger partial charge < -0.3 is 9.64 Å². The number of hydrogen-bond acceptors (Lipinski definition) is 5. The quantitative estimate of drug-likeness (QED) is 0.565. The number of carbonyl (C=O) groups excluding carboxylic acids is 1. The smallest absolute Gasteiger partial charge is 0.222 e. The third-order valence-corrected chi connectivity index (χ3v) is 6.58. The van der Waals surface area contributed by atoms with Crippen LogP contribution in [0.2, 0.25) is 0 Å². The fraction of sp³-hybridized carbons (Fsp3) is 0.625. The van der Waals surface area contributed by atoms with Crippen LogP contribution in [0.15, 0.2) is 36.9 Å². The van der Waals surface area contributed by atoms with Crippen molar-refractivity contribution in [3.8, 4) is 0 Å². The maximum Gasteiger partial charge on any atom is 0.222 e. The minimum atomic E-state index is -0.131. The lowest BCUT2D eigenvalue weighted by Gasteiger charge is -2.35. The number of nitrogens with zero attached hydrogens (tertiary/aromatic N) is 5. The van der Waals surface area contributed by atoms with Crippen molar-refractivity contribution >= 4 is 5.91 Å². The third-order valence-electron chi connectivity index (χ3n) is 6.58. The molecule has 4 rings (SSSR count). The molecule has 0 saturated carbocycles. The number of hydrogen-bond donors (Lipinski definition) is 0. The zero-order valence-electron chi connectivity index (χ0n) is 18.7. The van der Waals surface area contributed by atoms with Crippen LogP contribution in [0.3, 0.4) is 0 Å². The number of halogens is 1. The van der Waals surface area contributed by atoms with Crippen LogP contribution >= 0.6 is 0 Å². The van der Waals surface area contributed by atoms with Crippen molar-refractivity contribution in [2.75, 3.05) is 32.8 Å². The fourth-order valence-electron chi connectivity index (χ4n) is 4.72. The molecule has 3 heterocycles. The Labute approximate surface area is 189 Å². The normalized spacial score (nSPS) is 20.0. The molecule has 1 amide bonds. The summed E-state index contributed by atoms with van der Waals surface area (Å²) in [4.78, 5) is 21.4. The van der Waals surface area contributed by atoms with Gasteiger partial charge in [0.05, 0.1) is 6.10 Å². The van der Waals surface area contributed by atoms with Crippen molar-refractivity contribution in [1.29, 1.82) is 0 Å². The van der Waals surface area contributed by atoms with Crippen LogP contribution in [0.1, 0.15) is 44.1 Å². The SMILES string of the molecule is O=C(CCCn1cncn1)N(CC1CCN(Cc2ccccc2F)CC1)C[C@@H]1CCCO1. The standard InChI is InChI=1S/C24H34FN5O2/c25-23-7-2-1-5-21(23)16-28-12-9-20(10-13-28)15-29(17-22-6-4-14-32-22)24(31)8-3-11-30-19-26-18-27-30/h1-2,5,7,18-20,22H,3-4,6,8-17H2/t22-/m0/s1. The fourth-order valence-corrected chi connectivity index (χ4v) is 4.72. The van der Waals surface area contributed by atoms with Gasteiger partial charge in [0.2, 0.25) is 5.91 Å². The van der Waals surface area contributed by atoms with E-state index in [0.717, 1.165) is 63.9 Å². The molecule has 174 valence electrons. The van der Waals surface area contributed by atoms with Crippen molar-refractivity contribution in [2.45, 2.75) is 57.7 Å². The summed E-state index contributed by atoms with van der Waals surface area (Å²) in [6.45, 7) is 5.51. The topological polar surface area (TPSA) is 63.5 Å². The lowest BCUT2D eigenvalue weighted by atomic mass is 9.95.